The molecule has 1 rings (SSSR count). The van der Waals surface area contributed by atoms with Crippen LogP contribution in [0.3, 0.4) is 0 Å². The van der Waals surface area contributed by atoms with Gasteiger partial charge in [-0.25, -0.2) is 0 Å². The number of β-amino-alcohol motifs (C(OH)–C–C–N with tert-alkyl or cyclic N) is 1. The fourth-order valence-electron chi connectivity index (χ4n) is 1.51. The van der Waals surface area contributed by atoms with Gasteiger partial charge in [-0.2, -0.15) is 0 Å². The third-order valence-corrected chi connectivity index (χ3v) is 2.83. The van der Waals surface area contributed by atoms with Crippen molar-refractivity contribution in [1.82, 2.24) is 5.32 Å². The first-order valence-electron chi connectivity index (χ1n) is 5.80. The van der Waals surface area contributed by atoms with Crippen LogP contribution in [0.4, 0.5) is 0 Å². The second-order valence-corrected chi connectivity index (χ2v) is 5.72. The van der Waals surface area contributed by atoms with Crippen LogP contribution in [0, 0.1) is 0 Å². The van der Waals surface area contributed by atoms with Crippen molar-refractivity contribution >= 4 is 11.6 Å². The Hall–Kier alpha value is -0.810. The van der Waals surface area contributed by atoms with Gasteiger partial charge in [0.2, 0.25) is 0 Å². The molecule has 0 radical (unpaired) electrons. The molecule has 0 saturated heterocycles. The summed E-state index contributed by atoms with van der Waals surface area (Å²) in [5.41, 5.74) is 0.785. The normalized spacial score (nSPS) is 13.7. The summed E-state index contributed by atoms with van der Waals surface area (Å²) in [6.07, 6.45) is -0.743. The lowest BCUT2D eigenvalue weighted by Crippen LogP contribution is -2.38. The molecule has 0 aliphatic rings. The molecule has 1 aromatic carbocycles. The van der Waals surface area contributed by atoms with E-state index in [1.165, 1.54) is 6.07 Å². The zero-order chi connectivity index (χ0) is 13.9. The number of hydrogen-bond acceptors (Lipinski definition) is 4. The molecule has 5 heteroatoms. The van der Waals surface area contributed by atoms with Crippen LogP contribution < -0.4 is 5.32 Å². The van der Waals surface area contributed by atoms with Crippen LogP contribution in [0.1, 0.15) is 38.0 Å². The van der Waals surface area contributed by atoms with E-state index in [4.69, 9.17) is 16.7 Å². The average molecular weight is 274 g/mol. The van der Waals surface area contributed by atoms with Crippen LogP contribution in [0.25, 0.3) is 0 Å². The average Bonchev–Trinajstić information content (AvgIpc) is 2.28. The molecule has 0 spiro atoms. The molecule has 1 atom stereocenters. The smallest absolute Gasteiger partial charge is 0.139 e. The van der Waals surface area contributed by atoms with Crippen molar-refractivity contribution in [2.75, 3.05) is 6.54 Å². The summed E-state index contributed by atoms with van der Waals surface area (Å²) in [4.78, 5) is 0. The molecule has 0 saturated carbocycles. The minimum atomic E-state index is -0.743. The van der Waals surface area contributed by atoms with E-state index in [0.717, 1.165) is 0 Å². The molecule has 0 aliphatic heterocycles. The zero-order valence-corrected chi connectivity index (χ0v) is 11.6. The van der Waals surface area contributed by atoms with Gasteiger partial charge in [-0.1, -0.05) is 11.6 Å². The van der Waals surface area contributed by atoms with Crippen LogP contribution >= 0.6 is 11.6 Å². The molecule has 18 heavy (non-hydrogen) atoms. The summed E-state index contributed by atoms with van der Waals surface area (Å²) in [5.74, 6) is -0.140. The molecule has 0 amide bonds. The second-order valence-electron chi connectivity index (χ2n) is 5.32. The van der Waals surface area contributed by atoms with Crippen molar-refractivity contribution in [3.63, 3.8) is 0 Å². The van der Waals surface area contributed by atoms with Gasteiger partial charge in [0, 0.05) is 17.6 Å². The van der Waals surface area contributed by atoms with E-state index < -0.39 is 6.10 Å². The lowest BCUT2D eigenvalue weighted by molar-refractivity contribution is 0.163. The Balaban J connectivity index is 2.86. The summed E-state index contributed by atoms with van der Waals surface area (Å²) in [6.45, 7) is 6.06. The molecular weight excluding hydrogens is 254 g/mol. The zero-order valence-electron chi connectivity index (χ0n) is 10.9. The molecule has 0 heterocycles. The number of phenols is 1. The standard InChI is InChI=1S/C13H20ClNO3/c1-13(2,3)15-6-11(17)8-4-9(7-16)12(18)10(14)5-8/h4-5,11,15-18H,6-7H2,1-3H3/t11-/m0/s1. The fraction of sp³-hybridized carbons (Fsp3) is 0.538. The summed E-state index contributed by atoms with van der Waals surface area (Å²) in [7, 11) is 0. The van der Waals surface area contributed by atoms with Gasteiger partial charge in [0.05, 0.1) is 17.7 Å². The van der Waals surface area contributed by atoms with E-state index in [1.807, 2.05) is 20.8 Å². The molecule has 0 bridgehead atoms. The molecule has 0 aliphatic carbocycles. The number of benzene rings is 1. The fourth-order valence-corrected chi connectivity index (χ4v) is 1.76. The molecular formula is C13H20ClNO3. The Morgan fingerprint density at radius 3 is 2.44 bits per heavy atom. The van der Waals surface area contributed by atoms with E-state index in [-0.39, 0.29) is 22.9 Å². The van der Waals surface area contributed by atoms with Crippen molar-refractivity contribution in [2.45, 2.75) is 39.0 Å². The lowest BCUT2D eigenvalue weighted by Gasteiger charge is -2.23. The van der Waals surface area contributed by atoms with Gasteiger partial charge in [0.25, 0.3) is 0 Å². The first kappa shape index (κ1) is 15.2. The van der Waals surface area contributed by atoms with E-state index in [2.05, 4.69) is 5.32 Å². The quantitative estimate of drug-likeness (QED) is 0.677. The number of rotatable bonds is 4. The largest absolute Gasteiger partial charge is 0.506 e. The SMILES string of the molecule is CC(C)(C)NC[C@H](O)c1cc(Cl)c(O)c(CO)c1. The summed E-state index contributed by atoms with van der Waals surface area (Å²) < 4.78 is 0. The van der Waals surface area contributed by atoms with Gasteiger partial charge in [-0.05, 0) is 38.5 Å². The highest BCUT2D eigenvalue weighted by molar-refractivity contribution is 6.32. The monoisotopic (exact) mass is 273 g/mol. The predicted octanol–water partition coefficient (Wildman–Crippen LogP) is 1.96. The molecule has 102 valence electrons. The van der Waals surface area contributed by atoms with Gasteiger partial charge in [-0.15, -0.1) is 0 Å². The Morgan fingerprint density at radius 1 is 1.33 bits per heavy atom. The third kappa shape index (κ3) is 4.14. The van der Waals surface area contributed by atoms with Crippen molar-refractivity contribution in [2.24, 2.45) is 0 Å². The summed E-state index contributed by atoms with van der Waals surface area (Å²) in [6, 6.07) is 3.06. The van der Waals surface area contributed by atoms with Crippen molar-refractivity contribution in [3.05, 3.63) is 28.3 Å². The van der Waals surface area contributed by atoms with Crippen LogP contribution in [0.5, 0.6) is 5.75 Å². The van der Waals surface area contributed by atoms with Gasteiger partial charge in [0.15, 0.2) is 0 Å². The maximum Gasteiger partial charge on any atom is 0.139 e. The van der Waals surface area contributed by atoms with E-state index in [0.29, 0.717) is 17.7 Å². The number of hydrogen-bond donors (Lipinski definition) is 4. The molecule has 4 N–H and O–H groups in total. The van der Waals surface area contributed by atoms with Crippen LogP contribution in [-0.4, -0.2) is 27.4 Å². The van der Waals surface area contributed by atoms with Gasteiger partial charge < -0.3 is 20.6 Å². The van der Waals surface area contributed by atoms with Crippen molar-refractivity contribution in [3.8, 4) is 5.75 Å². The molecule has 4 nitrogen and oxygen atoms in total. The maximum atomic E-state index is 10.0. The van der Waals surface area contributed by atoms with Gasteiger partial charge in [0.1, 0.15) is 5.75 Å². The molecule has 0 aromatic heterocycles. The topological polar surface area (TPSA) is 72.7 Å². The van der Waals surface area contributed by atoms with Crippen molar-refractivity contribution in [1.29, 1.82) is 0 Å². The minimum Gasteiger partial charge on any atom is -0.506 e. The summed E-state index contributed by atoms with van der Waals surface area (Å²) in [5, 5.41) is 32.0. The molecule has 0 fully saturated rings. The lowest BCUT2D eigenvalue weighted by atomic mass is 10.0. The number of aliphatic hydroxyl groups is 2. The van der Waals surface area contributed by atoms with E-state index in [9.17, 15) is 10.2 Å². The predicted molar refractivity (Wildman–Crippen MR) is 71.8 cm³/mol. The number of nitrogens with one attached hydrogen (secondary N) is 1. The summed E-state index contributed by atoms with van der Waals surface area (Å²) >= 11 is 5.84. The Kier molecular flexibility index (Phi) is 4.99. The Bertz CT molecular complexity index is 415. The Labute approximate surface area is 112 Å². The minimum absolute atomic E-state index is 0.0957. The van der Waals surface area contributed by atoms with Crippen molar-refractivity contribution < 1.29 is 15.3 Å². The number of aromatic hydroxyl groups is 1. The Morgan fingerprint density at radius 2 is 1.94 bits per heavy atom. The third-order valence-electron chi connectivity index (χ3n) is 2.55. The highest BCUT2D eigenvalue weighted by Gasteiger charge is 2.16. The highest BCUT2D eigenvalue weighted by Crippen LogP contribution is 2.31. The van der Waals surface area contributed by atoms with E-state index >= 15 is 0 Å². The van der Waals surface area contributed by atoms with E-state index in [1.54, 1.807) is 6.07 Å². The van der Waals surface area contributed by atoms with Gasteiger partial charge >= 0.3 is 0 Å². The second kappa shape index (κ2) is 5.89. The molecule has 0 unspecified atom stereocenters. The highest BCUT2D eigenvalue weighted by atomic mass is 35.5. The number of aliphatic hydroxyl groups excluding tert-OH is 2. The van der Waals surface area contributed by atoms with Gasteiger partial charge in [-0.3, -0.25) is 0 Å². The number of halogens is 1. The first-order chi connectivity index (χ1) is 8.24. The van der Waals surface area contributed by atoms with Crippen LogP contribution in [-0.2, 0) is 6.61 Å². The first-order valence-corrected chi connectivity index (χ1v) is 6.17. The van der Waals surface area contributed by atoms with Crippen LogP contribution in [0.15, 0.2) is 12.1 Å². The van der Waals surface area contributed by atoms with Crippen LogP contribution in [0.2, 0.25) is 5.02 Å². The maximum absolute atomic E-state index is 10.0. The molecule has 1 aromatic rings.